The first-order chi connectivity index (χ1) is 8.48. The Labute approximate surface area is 115 Å². The molecule has 0 spiro atoms. The number of thioether (sulfide) groups is 1. The van der Waals surface area contributed by atoms with Gasteiger partial charge in [-0.3, -0.25) is 4.79 Å². The third kappa shape index (κ3) is 4.81. The number of rotatable bonds is 6. The van der Waals surface area contributed by atoms with Gasteiger partial charge in [-0.2, -0.15) is 0 Å². The molecule has 0 aromatic heterocycles. The van der Waals surface area contributed by atoms with Gasteiger partial charge >= 0.3 is 0 Å². The van der Waals surface area contributed by atoms with Gasteiger partial charge in [0.2, 0.25) is 5.91 Å². The second-order valence-electron chi connectivity index (χ2n) is 5.62. The summed E-state index contributed by atoms with van der Waals surface area (Å²) in [6.07, 6.45) is 4.99. The van der Waals surface area contributed by atoms with Crippen molar-refractivity contribution in [1.29, 1.82) is 0 Å². The van der Waals surface area contributed by atoms with Gasteiger partial charge in [-0.15, -0.1) is 11.8 Å². The Morgan fingerprint density at radius 3 is 2.44 bits per heavy atom. The standard InChI is InChI=1S/C14H27NO2S/c1-4-18-12(11(2)3)13(16)15-10-14(17)8-6-5-7-9-14/h11-12,17H,4-10H2,1-3H3,(H,15,16). The fourth-order valence-electron chi connectivity index (χ4n) is 2.49. The lowest BCUT2D eigenvalue weighted by atomic mass is 9.85. The molecular formula is C14H27NO2S. The number of hydrogen-bond acceptors (Lipinski definition) is 3. The molecule has 1 aliphatic carbocycles. The van der Waals surface area contributed by atoms with E-state index in [0.717, 1.165) is 31.4 Å². The maximum atomic E-state index is 12.1. The number of aliphatic hydroxyl groups is 1. The highest BCUT2D eigenvalue weighted by Crippen LogP contribution is 2.27. The van der Waals surface area contributed by atoms with Crippen LogP contribution in [0.4, 0.5) is 0 Å². The van der Waals surface area contributed by atoms with Crippen molar-refractivity contribution >= 4 is 17.7 Å². The molecule has 0 aromatic rings. The number of carbonyl (C=O) groups excluding carboxylic acids is 1. The maximum Gasteiger partial charge on any atom is 0.233 e. The summed E-state index contributed by atoms with van der Waals surface area (Å²) >= 11 is 1.68. The molecule has 1 fully saturated rings. The molecule has 0 radical (unpaired) electrons. The predicted octanol–water partition coefficient (Wildman–Crippen LogP) is 2.58. The molecule has 1 aliphatic rings. The summed E-state index contributed by atoms with van der Waals surface area (Å²) < 4.78 is 0. The first kappa shape index (κ1) is 15.8. The molecule has 0 heterocycles. The van der Waals surface area contributed by atoms with E-state index >= 15 is 0 Å². The van der Waals surface area contributed by atoms with Crippen LogP contribution in [0.15, 0.2) is 0 Å². The van der Waals surface area contributed by atoms with Gasteiger partial charge in [-0.1, -0.05) is 40.0 Å². The first-order valence-electron chi connectivity index (χ1n) is 7.10. The Morgan fingerprint density at radius 1 is 1.33 bits per heavy atom. The topological polar surface area (TPSA) is 49.3 Å². The molecule has 18 heavy (non-hydrogen) atoms. The molecule has 1 amide bonds. The molecule has 2 N–H and O–H groups in total. The minimum absolute atomic E-state index is 0.00203. The van der Waals surface area contributed by atoms with Crippen LogP contribution < -0.4 is 5.32 Å². The smallest absolute Gasteiger partial charge is 0.233 e. The third-order valence-corrected chi connectivity index (χ3v) is 5.04. The zero-order valence-corrected chi connectivity index (χ0v) is 12.7. The van der Waals surface area contributed by atoms with Crippen molar-refractivity contribution in [1.82, 2.24) is 5.32 Å². The van der Waals surface area contributed by atoms with Gasteiger partial charge in [0.05, 0.1) is 10.9 Å². The van der Waals surface area contributed by atoms with Gasteiger partial charge < -0.3 is 10.4 Å². The van der Waals surface area contributed by atoms with Crippen molar-refractivity contribution in [3.05, 3.63) is 0 Å². The summed E-state index contributed by atoms with van der Waals surface area (Å²) in [4.78, 5) is 12.1. The lowest BCUT2D eigenvalue weighted by Crippen LogP contribution is -2.47. The van der Waals surface area contributed by atoms with Gasteiger partial charge in [0.1, 0.15) is 0 Å². The average molecular weight is 273 g/mol. The van der Waals surface area contributed by atoms with E-state index in [9.17, 15) is 9.90 Å². The van der Waals surface area contributed by atoms with Crippen LogP contribution in [-0.2, 0) is 4.79 Å². The Hall–Kier alpha value is -0.220. The van der Waals surface area contributed by atoms with E-state index in [1.807, 2.05) is 0 Å². The summed E-state index contributed by atoms with van der Waals surface area (Å²) in [5.41, 5.74) is -0.660. The molecule has 0 bridgehead atoms. The number of carbonyl (C=O) groups is 1. The van der Waals surface area contributed by atoms with Crippen molar-refractivity contribution in [2.45, 2.75) is 63.7 Å². The highest BCUT2D eigenvalue weighted by atomic mass is 32.2. The van der Waals surface area contributed by atoms with Gasteiger partial charge in [0, 0.05) is 6.54 Å². The van der Waals surface area contributed by atoms with Crippen LogP contribution in [-0.4, -0.2) is 34.2 Å². The summed E-state index contributed by atoms with van der Waals surface area (Å²) in [7, 11) is 0. The monoisotopic (exact) mass is 273 g/mol. The lowest BCUT2D eigenvalue weighted by Gasteiger charge is -2.32. The van der Waals surface area contributed by atoms with Crippen LogP contribution in [0.2, 0.25) is 0 Å². The van der Waals surface area contributed by atoms with E-state index < -0.39 is 5.60 Å². The molecule has 1 unspecified atom stereocenters. The van der Waals surface area contributed by atoms with Gasteiger partial charge in [0.25, 0.3) is 0 Å². The molecule has 1 atom stereocenters. The maximum absolute atomic E-state index is 12.1. The fraction of sp³-hybridized carbons (Fsp3) is 0.929. The summed E-state index contributed by atoms with van der Waals surface area (Å²) in [5, 5.41) is 13.3. The van der Waals surface area contributed by atoms with Crippen LogP contribution in [0.3, 0.4) is 0 Å². The molecular weight excluding hydrogens is 246 g/mol. The van der Waals surface area contributed by atoms with Crippen molar-refractivity contribution in [3.63, 3.8) is 0 Å². The molecule has 0 aliphatic heterocycles. The van der Waals surface area contributed by atoms with E-state index in [-0.39, 0.29) is 11.2 Å². The molecule has 1 saturated carbocycles. The van der Waals surface area contributed by atoms with Crippen molar-refractivity contribution in [2.75, 3.05) is 12.3 Å². The SMILES string of the molecule is CCSC(C(=O)NCC1(O)CCCCC1)C(C)C. The normalized spacial score (nSPS) is 20.7. The minimum Gasteiger partial charge on any atom is -0.388 e. The summed E-state index contributed by atoms with van der Waals surface area (Å²) in [6.45, 7) is 6.63. The fourth-order valence-corrected chi connectivity index (χ4v) is 3.47. The van der Waals surface area contributed by atoms with Crippen molar-refractivity contribution in [3.8, 4) is 0 Å². The second-order valence-corrected chi connectivity index (χ2v) is 7.04. The second kappa shape index (κ2) is 7.39. The molecule has 4 heteroatoms. The molecule has 0 saturated heterocycles. The first-order valence-corrected chi connectivity index (χ1v) is 8.15. The van der Waals surface area contributed by atoms with Crippen LogP contribution in [0.25, 0.3) is 0 Å². The molecule has 106 valence electrons. The molecule has 3 nitrogen and oxygen atoms in total. The van der Waals surface area contributed by atoms with E-state index in [0.29, 0.717) is 12.5 Å². The van der Waals surface area contributed by atoms with Crippen LogP contribution >= 0.6 is 11.8 Å². The number of nitrogens with one attached hydrogen (secondary N) is 1. The van der Waals surface area contributed by atoms with Gasteiger partial charge in [-0.25, -0.2) is 0 Å². The summed E-state index contributed by atoms with van der Waals surface area (Å²) in [5.74, 6) is 1.35. The highest BCUT2D eigenvalue weighted by molar-refractivity contribution is 8.00. The van der Waals surface area contributed by atoms with Gasteiger partial charge in [-0.05, 0) is 24.5 Å². The zero-order valence-electron chi connectivity index (χ0n) is 11.9. The number of amides is 1. The Balaban J connectivity index is 2.43. The third-order valence-electron chi connectivity index (χ3n) is 3.59. The van der Waals surface area contributed by atoms with E-state index in [2.05, 4.69) is 26.1 Å². The highest BCUT2D eigenvalue weighted by Gasteiger charge is 2.31. The predicted molar refractivity (Wildman–Crippen MR) is 77.8 cm³/mol. The Bertz CT molecular complexity index is 263. The molecule has 1 rings (SSSR count). The largest absolute Gasteiger partial charge is 0.388 e. The zero-order chi connectivity index (χ0) is 13.6. The van der Waals surface area contributed by atoms with E-state index in [1.54, 1.807) is 11.8 Å². The Morgan fingerprint density at radius 2 is 1.94 bits per heavy atom. The quantitative estimate of drug-likeness (QED) is 0.782. The summed E-state index contributed by atoms with van der Waals surface area (Å²) in [6, 6.07) is 0. The Kier molecular flexibility index (Phi) is 6.50. The van der Waals surface area contributed by atoms with Crippen molar-refractivity contribution < 1.29 is 9.90 Å². The van der Waals surface area contributed by atoms with Gasteiger partial charge in [0.15, 0.2) is 0 Å². The van der Waals surface area contributed by atoms with Crippen molar-refractivity contribution in [2.24, 2.45) is 5.92 Å². The van der Waals surface area contributed by atoms with E-state index in [4.69, 9.17) is 0 Å². The van der Waals surface area contributed by atoms with E-state index in [1.165, 1.54) is 6.42 Å². The minimum atomic E-state index is -0.660. The van der Waals surface area contributed by atoms with Crippen LogP contribution in [0, 0.1) is 5.92 Å². The van der Waals surface area contributed by atoms with Crippen LogP contribution in [0.1, 0.15) is 52.9 Å². The van der Waals surface area contributed by atoms with Crippen LogP contribution in [0.5, 0.6) is 0 Å². The average Bonchev–Trinajstić information content (AvgIpc) is 2.34. The molecule has 0 aromatic carbocycles. The number of hydrogen-bond donors (Lipinski definition) is 2. The lowest BCUT2D eigenvalue weighted by molar-refractivity contribution is -0.122.